The Balaban J connectivity index is 1.94. The summed E-state index contributed by atoms with van der Waals surface area (Å²) in [6.07, 6.45) is 4.92. The van der Waals surface area contributed by atoms with Gasteiger partial charge >= 0.3 is 0 Å². The molecule has 0 spiro atoms. The Hall–Kier alpha value is -4.47. The van der Waals surface area contributed by atoms with Crippen LogP contribution in [0.2, 0.25) is 10.0 Å². The van der Waals surface area contributed by atoms with Gasteiger partial charge in [-0.05, 0) is 56.7 Å². The summed E-state index contributed by atoms with van der Waals surface area (Å²) in [4.78, 5) is 37.4. The Labute approximate surface area is 285 Å². The number of carbonyl (C=O) groups excluding carboxylic acids is 1. The number of piperazine rings is 1. The van der Waals surface area contributed by atoms with Gasteiger partial charge in [-0.2, -0.15) is 5.26 Å². The number of rotatable bonds is 5. The molecule has 1 saturated heterocycles. The molecule has 0 radical (unpaired) electrons. The molecule has 252 valence electrons. The molecule has 0 unspecified atom stereocenters. The van der Waals surface area contributed by atoms with E-state index < -0.39 is 39.3 Å². The summed E-state index contributed by atoms with van der Waals surface area (Å²) >= 11 is 12.6. The van der Waals surface area contributed by atoms with E-state index in [0.29, 0.717) is 11.3 Å². The van der Waals surface area contributed by atoms with Crippen LogP contribution in [0.15, 0.2) is 41.4 Å². The van der Waals surface area contributed by atoms with Crippen molar-refractivity contribution >= 4 is 57.2 Å². The number of pyridine rings is 2. The van der Waals surface area contributed by atoms with Gasteiger partial charge in [-0.1, -0.05) is 43.6 Å². The number of nitriles is 1. The van der Waals surface area contributed by atoms with Crippen molar-refractivity contribution in [2.45, 2.75) is 52.7 Å². The molecule has 1 aromatic carbocycles. The Morgan fingerprint density at radius 2 is 1.79 bits per heavy atom. The lowest BCUT2D eigenvalue weighted by Gasteiger charge is -2.45. The van der Waals surface area contributed by atoms with Gasteiger partial charge in [0.25, 0.3) is 5.56 Å². The van der Waals surface area contributed by atoms with Crippen LogP contribution in [-0.2, 0) is 4.79 Å². The molecule has 3 atom stereocenters. The Kier molecular flexibility index (Phi) is 9.34. The van der Waals surface area contributed by atoms with E-state index in [0.717, 1.165) is 0 Å². The van der Waals surface area contributed by atoms with Crippen LogP contribution in [-0.4, -0.2) is 63.5 Å². The van der Waals surface area contributed by atoms with Crippen molar-refractivity contribution in [3.63, 3.8) is 0 Å². The summed E-state index contributed by atoms with van der Waals surface area (Å²) < 4.78 is 46.1. The molecule has 0 bridgehead atoms. The third kappa shape index (κ3) is 5.39. The lowest BCUT2D eigenvalue weighted by Crippen LogP contribution is -2.58. The number of hydrogen-bond acceptors (Lipinski definition) is 7. The first kappa shape index (κ1) is 34.9. The number of nitrogens with zero attached hydrogens (tertiary/aromatic N) is 6. The minimum Gasteiger partial charge on any atom is -0.396 e. The van der Waals surface area contributed by atoms with Gasteiger partial charge < -0.3 is 20.4 Å². The lowest BCUT2D eigenvalue weighted by molar-refractivity contribution is -0.130. The smallest absolute Gasteiger partial charge is 0.276 e. The number of nitrogen functional groups attached to an aromatic ring is 1. The van der Waals surface area contributed by atoms with Crippen molar-refractivity contribution in [3.05, 3.63) is 80.0 Å². The molecule has 2 N–H and O–H groups in total. The number of amides is 1. The van der Waals surface area contributed by atoms with Gasteiger partial charge in [0.05, 0.1) is 39.4 Å². The monoisotopic (exact) mass is 699 g/mol. The van der Waals surface area contributed by atoms with Crippen molar-refractivity contribution in [2.75, 3.05) is 30.8 Å². The number of aromatic nitrogens is 2. The average molecular weight is 701 g/mol. The van der Waals surface area contributed by atoms with Crippen molar-refractivity contribution in [2.24, 2.45) is 5.92 Å². The van der Waals surface area contributed by atoms with Crippen LogP contribution in [0.1, 0.15) is 40.2 Å². The van der Waals surface area contributed by atoms with Crippen LogP contribution in [0.3, 0.4) is 0 Å². The van der Waals surface area contributed by atoms with Gasteiger partial charge in [-0.3, -0.25) is 14.2 Å². The maximum Gasteiger partial charge on any atom is 0.276 e. The van der Waals surface area contributed by atoms with Gasteiger partial charge in [0.2, 0.25) is 5.91 Å². The predicted octanol–water partition coefficient (Wildman–Crippen LogP) is 6.57. The van der Waals surface area contributed by atoms with Crippen molar-refractivity contribution in [1.82, 2.24) is 19.4 Å². The largest absolute Gasteiger partial charge is 0.396 e. The molecule has 2 aliphatic heterocycles. The third-order valence-electron chi connectivity index (χ3n) is 8.95. The summed E-state index contributed by atoms with van der Waals surface area (Å²) in [5.41, 5.74) is 4.41. The number of fused-ring (bicyclic) bond motifs is 1. The Morgan fingerprint density at radius 3 is 2.35 bits per heavy atom. The zero-order chi connectivity index (χ0) is 35.5. The molecule has 48 heavy (non-hydrogen) atoms. The predicted molar refractivity (Wildman–Crippen MR) is 183 cm³/mol. The number of halogens is 5. The maximum atomic E-state index is 15.6. The highest BCUT2D eigenvalue weighted by molar-refractivity contribution is 6.34. The van der Waals surface area contributed by atoms with Gasteiger partial charge in [0.1, 0.15) is 22.3 Å². The lowest BCUT2D eigenvalue weighted by atomic mass is 9.93. The van der Waals surface area contributed by atoms with Crippen LogP contribution in [0, 0.1) is 34.7 Å². The molecule has 3 aromatic rings. The van der Waals surface area contributed by atoms with Crippen LogP contribution in [0.25, 0.3) is 28.0 Å². The highest BCUT2D eigenvalue weighted by Gasteiger charge is 2.37. The van der Waals surface area contributed by atoms with Crippen LogP contribution in [0.4, 0.5) is 24.5 Å². The highest BCUT2D eigenvalue weighted by Crippen LogP contribution is 2.43. The summed E-state index contributed by atoms with van der Waals surface area (Å²) in [7, 11) is 1.85. The first-order valence-electron chi connectivity index (χ1n) is 15.2. The fraction of sp³-hybridized carbons (Fsp3) is 0.353. The van der Waals surface area contributed by atoms with E-state index in [1.165, 1.54) is 16.7 Å². The quantitative estimate of drug-likeness (QED) is 0.139. The zero-order valence-electron chi connectivity index (χ0n) is 27.2. The second-order valence-electron chi connectivity index (χ2n) is 12.5. The molecule has 4 heterocycles. The minimum absolute atomic E-state index is 0.0262. The highest BCUT2D eigenvalue weighted by atomic mass is 35.5. The molecule has 0 aliphatic carbocycles. The molecule has 0 saturated carbocycles. The molecule has 14 heteroatoms. The normalized spacial score (nSPS) is 19.8. The summed E-state index contributed by atoms with van der Waals surface area (Å²) in [5.74, 6) is -4.93. The van der Waals surface area contributed by atoms with Crippen LogP contribution < -0.4 is 16.2 Å². The number of likely N-dealkylation sites (N-methyl/N-ethyl adjacent to an activating group) is 1. The van der Waals surface area contributed by atoms with Crippen LogP contribution >= 0.6 is 23.2 Å². The fourth-order valence-corrected chi connectivity index (χ4v) is 7.37. The second kappa shape index (κ2) is 12.9. The molecular formula is C34H34Cl2F3N7O2. The Bertz CT molecular complexity index is 2010. The molecule has 5 rings (SSSR count). The number of hydrogen-bond donors (Lipinski definition) is 1. The summed E-state index contributed by atoms with van der Waals surface area (Å²) in [6, 6.07) is 2.43. The second-order valence-corrected chi connectivity index (χ2v) is 13.3. The fourth-order valence-electron chi connectivity index (χ4n) is 6.95. The first-order chi connectivity index (χ1) is 22.6. The third-order valence-corrected chi connectivity index (χ3v) is 9.57. The van der Waals surface area contributed by atoms with Gasteiger partial charge in [0.15, 0.2) is 17.5 Å². The SMILES string of the molecule is C=CC(=O)N1[C@H](C)CN(c2c(C#N)c(=O)n(C3=C(C)C=CN(C)[C@@H]3C(C)C)c3nc(-c4c(N)c(F)c(F)c(Cl)c4F)c(Cl)cc23)C[C@@H]1C. The van der Waals surface area contributed by atoms with E-state index in [1.54, 1.807) is 4.90 Å². The van der Waals surface area contributed by atoms with Gasteiger partial charge in [-0.25, -0.2) is 18.2 Å². The number of nitrogens with two attached hydrogens (primary N) is 1. The summed E-state index contributed by atoms with van der Waals surface area (Å²) in [5, 5.41) is 9.45. The molecule has 9 nitrogen and oxygen atoms in total. The van der Waals surface area contributed by atoms with Crippen molar-refractivity contribution < 1.29 is 18.0 Å². The van der Waals surface area contributed by atoms with E-state index in [4.69, 9.17) is 28.9 Å². The molecule has 1 amide bonds. The van der Waals surface area contributed by atoms with E-state index in [1.807, 2.05) is 63.7 Å². The average Bonchev–Trinajstić information content (AvgIpc) is 3.03. The Morgan fingerprint density at radius 1 is 1.17 bits per heavy atom. The van der Waals surface area contributed by atoms with Gasteiger partial charge in [-0.15, -0.1) is 0 Å². The van der Waals surface area contributed by atoms with Crippen LogP contribution in [0.5, 0.6) is 0 Å². The minimum atomic E-state index is -1.67. The number of allylic oxidation sites excluding steroid dienone is 2. The molecular weight excluding hydrogens is 666 g/mol. The van der Waals surface area contributed by atoms with Crippen molar-refractivity contribution in [3.8, 4) is 17.3 Å². The molecule has 2 aromatic heterocycles. The zero-order valence-corrected chi connectivity index (χ0v) is 28.7. The molecule has 2 aliphatic rings. The number of benzene rings is 1. The van der Waals surface area contributed by atoms with E-state index >= 15 is 4.39 Å². The van der Waals surface area contributed by atoms with Gasteiger partial charge in [0, 0.05) is 37.6 Å². The van der Waals surface area contributed by atoms with E-state index in [-0.39, 0.29) is 76.0 Å². The number of carbonyl (C=O) groups is 1. The standard InChI is InChI=1S/C34H34Cl2F3N7O2/c1-8-22(47)45-17(5)13-44(14-18(45)6)32-19-11-21(35)29(23-25(37)24(36)26(38)27(39)28(23)41)42-33(19)46(34(48)20(32)12-40)31-16(4)9-10-43(7)30(31)15(2)3/h8-11,15,17-18,30H,1,13-14,41H2,2-7H3/t17-,18+,30-/m1/s1. The topological polar surface area (TPSA) is 111 Å². The molecule has 1 fully saturated rings. The first-order valence-corrected chi connectivity index (χ1v) is 15.9. The van der Waals surface area contributed by atoms with Crippen molar-refractivity contribution in [1.29, 1.82) is 5.26 Å². The van der Waals surface area contributed by atoms with E-state index in [9.17, 15) is 23.6 Å². The number of anilines is 2. The summed E-state index contributed by atoms with van der Waals surface area (Å²) in [6.45, 7) is 13.5. The van der Waals surface area contributed by atoms with E-state index in [2.05, 4.69) is 17.6 Å². The maximum absolute atomic E-state index is 15.6.